The number of nitrogens with one attached hydrogen (secondary N) is 3. The summed E-state index contributed by atoms with van der Waals surface area (Å²) in [6, 6.07) is 46.4. The molecule has 6 aromatic rings. The van der Waals surface area contributed by atoms with Crippen LogP contribution in [0.15, 0.2) is 150 Å². The highest BCUT2D eigenvalue weighted by Crippen LogP contribution is 2.38. The van der Waals surface area contributed by atoms with Gasteiger partial charge in [-0.2, -0.15) is 5.26 Å². The minimum Gasteiger partial charge on any atom is -0.321 e. The molecule has 0 fully saturated rings. The van der Waals surface area contributed by atoms with Gasteiger partial charge in [-0.15, -0.1) is 23.1 Å². The summed E-state index contributed by atoms with van der Waals surface area (Å²) in [5.74, 6) is -1.12. The summed E-state index contributed by atoms with van der Waals surface area (Å²) < 4.78 is 0. The molecular weight excluding hydrogens is 735 g/mol. The summed E-state index contributed by atoms with van der Waals surface area (Å²) in [4.78, 5) is 44.7. The van der Waals surface area contributed by atoms with Crippen LogP contribution in [-0.4, -0.2) is 34.4 Å². The standard InChI is InChI=1S/C46H39N5O3S2/c1-31(43(52)50-46-40(28-47)39-24-25-51(30-42(39)56-46)29-33-12-5-2-6-13-33)55-38-19-11-18-37(27-38)48-45(54)41(49-44(53)36-16-9-4-10-17-36)26-32-20-22-35(23-21-32)34-14-7-3-8-15-34/h2-23,26-27,31H,24-25,29-30H2,1H3,(H,48,54)(H,49,53)(H,50,52)/b41-26+. The van der Waals surface area contributed by atoms with E-state index in [4.69, 9.17) is 0 Å². The Morgan fingerprint density at radius 1 is 0.839 bits per heavy atom. The number of hydrogen-bond acceptors (Lipinski definition) is 7. The number of nitriles is 1. The molecule has 8 nitrogen and oxygen atoms in total. The second kappa shape index (κ2) is 17.9. The van der Waals surface area contributed by atoms with Crippen molar-refractivity contribution >= 4 is 57.6 Å². The second-order valence-corrected chi connectivity index (χ2v) is 15.9. The number of amides is 3. The van der Waals surface area contributed by atoms with Crippen LogP contribution in [-0.2, 0) is 29.1 Å². The first kappa shape index (κ1) is 38.0. The first-order valence-corrected chi connectivity index (χ1v) is 20.0. The minimum absolute atomic E-state index is 0.0762. The minimum atomic E-state index is -0.499. The quantitative estimate of drug-likeness (QED) is 0.0844. The van der Waals surface area contributed by atoms with Gasteiger partial charge in [0.25, 0.3) is 11.8 Å². The number of carbonyl (C=O) groups is 3. The lowest BCUT2D eigenvalue weighted by Crippen LogP contribution is -2.30. The van der Waals surface area contributed by atoms with Crippen LogP contribution in [0.5, 0.6) is 0 Å². The number of nitrogens with zero attached hydrogens (tertiary/aromatic N) is 2. The highest BCUT2D eigenvalue weighted by molar-refractivity contribution is 8.00. The molecule has 0 saturated carbocycles. The number of hydrogen-bond donors (Lipinski definition) is 3. The van der Waals surface area contributed by atoms with E-state index in [1.54, 1.807) is 48.5 Å². The molecule has 1 aromatic heterocycles. The Morgan fingerprint density at radius 2 is 1.52 bits per heavy atom. The van der Waals surface area contributed by atoms with Crippen molar-refractivity contribution in [2.24, 2.45) is 0 Å². The van der Waals surface area contributed by atoms with Gasteiger partial charge < -0.3 is 16.0 Å². The van der Waals surface area contributed by atoms with Gasteiger partial charge >= 0.3 is 0 Å². The molecule has 2 heterocycles. The number of carbonyl (C=O) groups excluding carboxylic acids is 3. The maximum Gasteiger partial charge on any atom is 0.272 e. The third kappa shape index (κ3) is 9.51. The SMILES string of the molecule is CC(Sc1cccc(NC(=O)/C(=C\c2ccc(-c3ccccc3)cc2)NC(=O)c2ccccc2)c1)C(=O)Nc1sc2c(c1C#N)CCN(Cc1ccccc1)C2. The van der Waals surface area contributed by atoms with Crippen LogP contribution in [0, 0.1) is 11.3 Å². The summed E-state index contributed by atoms with van der Waals surface area (Å²) >= 11 is 2.83. The third-order valence-electron chi connectivity index (χ3n) is 9.37. The molecule has 3 amide bonds. The monoisotopic (exact) mass is 773 g/mol. The van der Waals surface area contributed by atoms with E-state index < -0.39 is 17.1 Å². The number of thioether (sulfide) groups is 1. The van der Waals surface area contributed by atoms with Crippen LogP contribution in [0.3, 0.4) is 0 Å². The van der Waals surface area contributed by atoms with E-state index in [2.05, 4.69) is 39.1 Å². The highest BCUT2D eigenvalue weighted by atomic mass is 32.2. The average Bonchev–Trinajstić information content (AvgIpc) is 3.57. The fourth-order valence-electron chi connectivity index (χ4n) is 6.47. The molecule has 0 saturated heterocycles. The molecule has 0 radical (unpaired) electrons. The first-order chi connectivity index (χ1) is 27.3. The van der Waals surface area contributed by atoms with Crippen molar-refractivity contribution in [2.75, 3.05) is 17.2 Å². The van der Waals surface area contributed by atoms with E-state index in [1.807, 2.05) is 91.9 Å². The maximum atomic E-state index is 13.8. The third-order valence-corrected chi connectivity index (χ3v) is 11.6. The number of anilines is 2. The number of thiophene rings is 1. The van der Waals surface area contributed by atoms with Crippen LogP contribution in [0.4, 0.5) is 10.7 Å². The van der Waals surface area contributed by atoms with Crippen molar-refractivity contribution < 1.29 is 14.4 Å². The van der Waals surface area contributed by atoms with Crippen molar-refractivity contribution in [3.8, 4) is 17.2 Å². The van der Waals surface area contributed by atoms with Crippen LogP contribution < -0.4 is 16.0 Å². The smallest absolute Gasteiger partial charge is 0.272 e. The fraction of sp³-hybridized carbons (Fsp3) is 0.130. The first-order valence-electron chi connectivity index (χ1n) is 18.3. The van der Waals surface area contributed by atoms with Gasteiger partial charge in [0, 0.05) is 40.7 Å². The van der Waals surface area contributed by atoms with Crippen LogP contribution >= 0.6 is 23.1 Å². The van der Waals surface area contributed by atoms with Crippen molar-refractivity contribution in [3.63, 3.8) is 0 Å². The maximum absolute atomic E-state index is 13.8. The normalized spacial score (nSPS) is 13.2. The molecule has 7 rings (SSSR count). The molecule has 5 aromatic carbocycles. The van der Waals surface area contributed by atoms with Gasteiger partial charge in [0.1, 0.15) is 16.8 Å². The van der Waals surface area contributed by atoms with Gasteiger partial charge in [-0.05, 0) is 77.6 Å². The molecule has 1 unspecified atom stereocenters. The molecular formula is C46H39N5O3S2. The Labute approximate surface area is 334 Å². The lowest BCUT2D eigenvalue weighted by Gasteiger charge is -2.26. The number of rotatable bonds is 12. The largest absolute Gasteiger partial charge is 0.321 e. The summed E-state index contributed by atoms with van der Waals surface area (Å²) in [6.07, 6.45) is 2.41. The molecule has 1 aliphatic heterocycles. The van der Waals surface area contributed by atoms with Gasteiger partial charge in [0.05, 0.1) is 10.8 Å². The van der Waals surface area contributed by atoms with Gasteiger partial charge in [0.2, 0.25) is 5.91 Å². The predicted molar refractivity (Wildman–Crippen MR) is 226 cm³/mol. The van der Waals surface area contributed by atoms with Crippen molar-refractivity contribution in [1.82, 2.24) is 10.2 Å². The van der Waals surface area contributed by atoms with Crippen molar-refractivity contribution in [2.45, 2.75) is 36.6 Å². The van der Waals surface area contributed by atoms with E-state index in [-0.39, 0.29) is 11.6 Å². The average molecular weight is 774 g/mol. The molecule has 0 aliphatic carbocycles. The summed E-state index contributed by atoms with van der Waals surface area (Å²) in [5.41, 5.74) is 6.67. The number of benzene rings is 5. The van der Waals surface area contributed by atoms with E-state index >= 15 is 0 Å². The topological polar surface area (TPSA) is 114 Å². The Morgan fingerprint density at radius 3 is 2.23 bits per heavy atom. The van der Waals surface area contributed by atoms with Crippen LogP contribution in [0.2, 0.25) is 0 Å². The van der Waals surface area contributed by atoms with Gasteiger partial charge in [0.15, 0.2) is 0 Å². The Kier molecular flexibility index (Phi) is 12.2. The second-order valence-electron chi connectivity index (χ2n) is 13.4. The number of fused-ring (bicyclic) bond motifs is 1. The summed E-state index contributed by atoms with van der Waals surface area (Å²) in [6.45, 7) is 4.22. The van der Waals surface area contributed by atoms with Crippen molar-refractivity contribution in [1.29, 1.82) is 5.26 Å². The Hall–Kier alpha value is -6.25. The zero-order valence-corrected chi connectivity index (χ0v) is 32.3. The summed E-state index contributed by atoms with van der Waals surface area (Å²) in [7, 11) is 0. The zero-order valence-electron chi connectivity index (χ0n) is 30.7. The van der Waals surface area contributed by atoms with Gasteiger partial charge in [-0.25, -0.2) is 0 Å². The molecule has 0 spiro atoms. The Balaban J connectivity index is 1.02. The molecule has 1 aliphatic rings. The van der Waals surface area contributed by atoms with Crippen LogP contribution in [0.25, 0.3) is 17.2 Å². The summed E-state index contributed by atoms with van der Waals surface area (Å²) in [5, 5.41) is 18.9. The molecule has 56 heavy (non-hydrogen) atoms. The van der Waals surface area contributed by atoms with E-state index in [0.29, 0.717) is 21.8 Å². The molecule has 0 bridgehead atoms. The fourth-order valence-corrected chi connectivity index (χ4v) is 8.64. The van der Waals surface area contributed by atoms with E-state index in [1.165, 1.54) is 28.7 Å². The van der Waals surface area contributed by atoms with E-state index in [0.717, 1.165) is 58.1 Å². The highest BCUT2D eigenvalue weighted by Gasteiger charge is 2.27. The van der Waals surface area contributed by atoms with Crippen LogP contribution in [0.1, 0.15) is 44.4 Å². The van der Waals surface area contributed by atoms with Gasteiger partial charge in [-0.3, -0.25) is 19.3 Å². The zero-order chi connectivity index (χ0) is 38.9. The lowest BCUT2D eigenvalue weighted by molar-refractivity contribution is -0.115. The van der Waals surface area contributed by atoms with Gasteiger partial charge in [-0.1, -0.05) is 109 Å². The van der Waals surface area contributed by atoms with Crippen molar-refractivity contribution in [3.05, 3.63) is 178 Å². The Bertz CT molecular complexity index is 2410. The van der Waals surface area contributed by atoms with E-state index in [9.17, 15) is 19.6 Å². The molecule has 3 N–H and O–H groups in total. The molecule has 278 valence electrons. The molecule has 10 heteroatoms. The molecule has 1 atom stereocenters. The predicted octanol–water partition coefficient (Wildman–Crippen LogP) is 9.37. The lowest BCUT2D eigenvalue weighted by atomic mass is 10.0.